The maximum atomic E-state index is 13.4. The van der Waals surface area contributed by atoms with Crippen molar-refractivity contribution in [2.45, 2.75) is 10.9 Å². The highest BCUT2D eigenvalue weighted by Crippen LogP contribution is 2.32. The lowest BCUT2D eigenvalue weighted by atomic mass is 10.2. The van der Waals surface area contributed by atoms with Crippen molar-refractivity contribution in [3.63, 3.8) is 0 Å². The van der Waals surface area contributed by atoms with Crippen molar-refractivity contribution in [1.82, 2.24) is 19.7 Å². The first-order valence-corrected chi connectivity index (χ1v) is 10.5. The Kier molecular flexibility index (Phi) is 5.92. The Bertz CT molecular complexity index is 1120. The van der Waals surface area contributed by atoms with Gasteiger partial charge in [0.25, 0.3) is 0 Å². The molecule has 0 fully saturated rings. The third-order valence-corrected chi connectivity index (χ3v) is 5.99. The minimum Gasteiger partial charge on any atom is -0.497 e. The van der Waals surface area contributed by atoms with E-state index < -0.39 is 0 Å². The zero-order chi connectivity index (χ0) is 20.2. The molecule has 0 saturated carbocycles. The Labute approximate surface area is 180 Å². The quantitative estimate of drug-likeness (QED) is 0.346. The van der Waals surface area contributed by atoms with Gasteiger partial charge in [-0.2, -0.15) is 0 Å². The van der Waals surface area contributed by atoms with Gasteiger partial charge >= 0.3 is 0 Å². The number of methoxy groups -OCH3 is 1. The van der Waals surface area contributed by atoms with Crippen LogP contribution in [0.5, 0.6) is 5.75 Å². The summed E-state index contributed by atoms with van der Waals surface area (Å²) in [4.78, 5) is 4.08. The maximum Gasteiger partial charge on any atom is 0.196 e. The molecule has 4 rings (SSSR count). The number of pyridine rings is 1. The number of hydrogen-bond acceptors (Lipinski definition) is 5. The first-order valence-electron chi connectivity index (χ1n) is 8.72. The molecule has 8 heteroatoms. The Morgan fingerprint density at radius 3 is 2.48 bits per heavy atom. The van der Waals surface area contributed by atoms with Gasteiger partial charge in [0.1, 0.15) is 11.6 Å². The molecule has 5 nitrogen and oxygen atoms in total. The van der Waals surface area contributed by atoms with Gasteiger partial charge in [-0.15, -0.1) is 10.2 Å². The summed E-state index contributed by atoms with van der Waals surface area (Å²) in [7, 11) is 1.64. The van der Waals surface area contributed by atoms with Gasteiger partial charge in [0.05, 0.1) is 7.11 Å². The predicted molar refractivity (Wildman–Crippen MR) is 115 cm³/mol. The van der Waals surface area contributed by atoms with Crippen molar-refractivity contribution in [3.8, 4) is 22.8 Å². The van der Waals surface area contributed by atoms with Crippen LogP contribution in [0.4, 0.5) is 4.39 Å². The van der Waals surface area contributed by atoms with Crippen LogP contribution in [0.15, 0.2) is 76.6 Å². The Balaban J connectivity index is 1.72. The smallest absolute Gasteiger partial charge is 0.196 e. The Morgan fingerprint density at radius 1 is 1.03 bits per heavy atom. The van der Waals surface area contributed by atoms with Crippen LogP contribution in [0.2, 0.25) is 0 Å². The van der Waals surface area contributed by atoms with E-state index in [9.17, 15) is 4.39 Å². The number of rotatable bonds is 6. The molecule has 2 heterocycles. The van der Waals surface area contributed by atoms with Crippen molar-refractivity contribution in [2.24, 2.45) is 0 Å². The lowest BCUT2D eigenvalue weighted by Crippen LogP contribution is -2.00. The van der Waals surface area contributed by atoms with Crippen molar-refractivity contribution in [2.75, 3.05) is 7.11 Å². The molecular formula is C21H16BrFN4OS. The van der Waals surface area contributed by atoms with E-state index in [2.05, 4.69) is 31.1 Å². The van der Waals surface area contributed by atoms with Crippen LogP contribution >= 0.6 is 27.7 Å². The van der Waals surface area contributed by atoms with Crippen LogP contribution < -0.4 is 4.74 Å². The number of hydrogen-bond donors (Lipinski definition) is 0. The Morgan fingerprint density at radius 2 is 1.79 bits per heavy atom. The third kappa shape index (κ3) is 4.33. The molecular weight excluding hydrogens is 455 g/mol. The highest BCUT2D eigenvalue weighted by molar-refractivity contribution is 9.10. The molecule has 0 N–H and O–H groups in total. The van der Waals surface area contributed by atoms with E-state index in [1.807, 2.05) is 41.0 Å². The lowest BCUT2D eigenvalue weighted by molar-refractivity contribution is 0.414. The minimum atomic E-state index is -0.271. The third-order valence-electron chi connectivity index (χ3n) is 4.27. The van der Waals surface area contributed by atoms with Crippen molar-refractivity contribution in [1.29, 1.82) is 0 Å². The van der Waals surface area contributed by atoms with E-state index in [0.717, 1.165) is 38.0 Å². The second-order valence-electron chi connectivity index (χ2n) is 6.10. The first kappa shape index (κ1) is 19.6. The fourth-order valence-corrected chi connectivity index (χ4v) is 4.43. The van der Waals surface area contributed by atoms with Crippen LogP contribution in [0.1, 0.15) is 5.56 Å². The second-order valence-corrected chi connectivity index (χ2v) is 7.90. The number of ether oxygens (including phenoxy) is 1. The van der Waals surface area contributed by atoms with Crippen LogP contribution in [0.25, 0.3) is 17.1 Å². The summed E-state index contributed by atoms with van der Waals surface area (Å²) in [6, 6.07) is 16.2. The summed E-state index contributed by atoms with van der Waals surface area (Å²) < 4.78 is 21.4. The molecule has 0 amide bonds. The van der Waals surface area contributed by atoms with E-state index in [4.69, 9.17) is 4.74 Å². The van der Waals surface area contributed by atoms with Crippen molar-refractivity contribution in [3.05, 3.63) is 82.8 Å². The summed E-state index contributed by atoms with van der Waals surface area (Å²) in [5.74, 6) is 1.84. The van der Waals surface area contributed by atoms with Gasteiger partial charge in [-0.3, -0.25) is 9.55 Å². The van der Waals surface area contributed by atoms with E-state index in [1.54, 1.807) is 25.6 Å². The number of nitrogens with zero attached hydrogens (tertiary/aromatic N) is 4. The van der Waals surface area contributed by atoms with Gasteiger partial charge in [-0.25, -0.2) is 4.39 Å². The lowest BCUT2D eigenvalue weighted by Gasteiger charge is -2.11. The number of thioether (sulfide) groups is 1. The fourth-order valence-electron chi connectivity index (χ4n) is 2.80. The van der Waals surface area contributed by atoms with Gasteiger partial charge in [0.15, 0.2) is 11.0 Å². The monoisotopic (exact) mass is 470 g/mol. The van der Waals surface area contributed by atoms with Crippen molar-refractivity contribution >= 4 is 27.7 Å². The van der Waals surface area contributed by atoms with Crippen LogP contribution in [-0.4, -0.2) is 26.9 Å². The summed E-state index contributed by atoms with van der Waals surface area (Å²) in [5.41, 5.74) is 2.81. The first-order chi connectivity index (χ1) is 14.2. The molecule has 146 valence electrons. The number of aromatic nitrogens is 4. The van der Waals surface area contributed by atoms with Gasteiger partial charge in [-0.1, -0.05) is 33.8 Å². The Hall–Kier alpha value is -2.71. The molecule has 2 aromatic carbocycles. The van der Waals surface area contributed by atoms with Crippen LogP contribution in [-0.2, 0) is 5.75 Å². The van der Waals surface area contributed by atoms with Crippen LogP contribution in [0.3, 0.4) is 0 Å². The van der Waals surface area contributed by atoms with E-state index in [1.165, 1.54) is 23.9 Å². The zero-order valence-electron chi connectivity index (χ0n) is 15.4. The molecule has 0 saturated heterocycles. The standard InChI is InChI=1S/C21H16BrFN4OS/c1-28-18-6-4-17(5-7-18)27-20(14-8-10-24-11-9-14)25-26-21(27)29-13-15-2-3-16(23)12-19(15)22/h2-12H,13H2,1H3. The highest BCUT2D eigenvalue weighted by atomic mass is 79.9. The molecule has 0 aliphatic carbocycles. The topological polar surface area (TPSA) is 52.8 Å². The van der Waals surface area contributed by atoms with Gasteiger partial charge < -0.3 is 4.74 Å². The molecule has 0 bridgehead atoms. The molecule has 0 atom stereocenters. The largest absolute Gasteiger partial charge is 0.497 e. The average molecular weight is 471 g/mol. The normalized spacial score (nSPS) is 10.9. The fraction of sp³-hybridized carbons (Fsp3) is 0.0952. The number of halogens is 2. The van der Waals surface area contributed by atoms with Gasteiger partial charge in [0, 0.05) is 33.9 Å². The highest BCUT2D eigenvalue weighted by Gasteiger charge is 2.17. The summed E-state index contributed by atoms with van der Waals surface area (Å²) in [6.45, 7) is 0. The molecule has 0 aliphatic rings. The van der Waals surface area contributed by atoms with E-state index in [0.29, 0.717) is 5.75 Å². The predicted octanol–water partition coefficient (Wildman–Crippen LogP) is 5.53. The zero-order valence-corrected chi connectivity index (χ0v) is 17.8. The molecule has 4 aromatic rings. The average Bonchev–Trinajstić information content (AvgIpc) is 3.18. The van der Waals surface area contributed by atoms with Crippen LogP contribution in [0, 0.1) is 5.82 Å². The molecule has 0 radical (unpaired) electrons. The summed E-state index contributed by atoms with van der Waals surface area (Å²) >= 11 is 4.96. The molecule has 2 aromatic heterocycles. The minimum absolute atomic E-state index is 0.271. The molecule has 0 spiro atoms. The van der Waals surface area contributed by atoms with Gasteiger partial charge in [0.2, 0.25) is 0 Å². The molecule has 29 heavy (non-hydrogen) atoms. The summed E-state index contributed by atoms with van der Waals surface area (Å²) in [6.07, 6.45) is 3.45. The molecule has 0 unspecified atom stereocenters. The summed E-state index contributed by atoms with van der Waals surface area (Å²) in [5, 5.41) is 9.56. The van der Waals surface area contributed by atoms with Crippen molar-refractivity contribution < 1.29 is 9.13 Å². The van der Waals surface area contributed by atoms with Gasteiger partial charge in [-0.05, 0) is 54.1 Å². The maximum absolute atomic E-state index is 13.4. The molecule has 0 aliphatic heterocycles. The van der Waals surface area contributed by atoms with E-state index >= 15 is 0 Å². The van der Waals surface area contributed by atoms with E-state index in [-0.39, 0.29) is 5.82 Å². The SMILES string of the molecule is COc1ccc(-n2c(SCc3ccc(F)cc3Br)nnc2-c2ccncc2)cc1. The number of benzene rings is 2. The second kappa shape index (κ2) is 8.75.